The van der Waals surface area contributed by atoms with Gasteiger partial charge in [-0.05, 0) is 48.0 Å². The highest BCUT2D eigenvalue weighted by Crippen LogP contribution is 2.15. The molecule has 1 fully saturated rings. The van der Waals surface area contributed by atoms with Crippen molar-refractivity contribution in [3.8, 4) is 5.75 Å². The fourth-order valence-electron chi connectivity index (χ4n) is 2.19. The first-order chi connectivity index (χ1) is 12.5. The van der Waals surface area contributed by atoms with Crippen LogP contribution in [0.15, 0.2) is 54.2 Å². The summed E-state index contributed by atoms with van der Waals surface area (Å²) in [6.45, 7) is -0.212. The Bertz CT molecular complexity index is 876. The van der Waals surface area contributed by atoms with Crippen LogP contribution in [-0.4, -0.2) is 24.5 Å². The molecule has 0 aliphatic carbocycles. The predicted octanol–water partition coefficient (Wildman–Crippen LogP) is 2.02. The van der Waals surface area contributed by atoms with Gasteiger partial charge in [-0.2, -0.15) is 0 Å². The van der Waals surface area contributed by atoms with Crippen molar-refractivity contribution >= 4 is 29.6 Å². The van der Waals surface area contributed by atoms with Gasteiger partial charge in [0, 0.05) is 5.69 Å². The predicted molar refractivity (Wildman–Crippen MR) is 91.6 cm³/mol. The van der Waals surface area contributed by atoms with Gasteiger partial charge in [-0.25, -0.2) is 9.18 Å². The molecule has 0 saturated carbocycles. The van der Waals surface area contributed by atoms with Crippen molar-refractivity contribution in [3.05, 3.63) is 65.6 Å². The van der Waals surface area contributed by atoms with Crippen molar-refractivity contribution in [2.45, 2.75) is 0 Å². The second-order valence-corrected chi connectivity index (χ2v) is 5.38. The average molecular weight is 355 g/mol. The van der Waals surface area contributed by atoms with E-state index < -0.39 is 11.9 Å². The third-order valence-electron chi connectivity index (χ3n) is 3.41. The Morgan fingerprint density at radius 3 is 2.35 bits per heavy atom. The summed E-state index contributed by atoms with van der Waals surface area (Å²) in [6, 6.07) is 11.5. The lowest BCUT2D eigenvalue weighted by Crippen LogP contribution is -2.22. The molecule has 3 N–H and O–H groups in total. The second-order valence-electron chi connectivity index (χ2n) is 5.38. The zero-order chi connectivity index (χ0) is 18.5. The van der Waals surface area contributed by atoms with E-state index in [1.165, 1.54) is 30.3 Å². The van der Waals surface area contributed by atoms with Crippen molar-refractivity contribution in [2.75, 3.05) is 11.9 Å². The van der Waals surface area contributed by atoms with Crippen LogP contribution in [-0.2, 0) is 9.59 Å². The van der Waals surface area contributed by atoms with Crippen LogP contribution in [0, 0.1) is 5.82 Å². The van der Waals surface area contributed by atoms with Gasteiger partial charge in [0.25, 0.3) is 11.8 Å². The Labute approximate surface area is 147 Å². The van der Waals surface area contributed by atoms with E-state index in [4.69, 9.17) is 4.74 Å². The van der Waals surface area contributed by atoms with Gasteiger partial charge in [-0.15, -0.1) is 0 Å². The van der Waals surface area contributed by atoms with Crippen molar-refractivity contribution in [3.63, 3.8) is 0 Å². The maximum atomic E-state index is 12.8. The first-order valence-corrected chi connectivity index (χ1v) is 7.62. The topological polar surface area (TPSA) is 96.5 Å². The van der Waals surface area contributed by atoms with E-state index in [1.807, 2.05) is 0 Å². The standard InChI is InChI=1S/C18H14FN3O4/c19-12-3-5-13(6-4-12)20-16(23)10-26-14-7-1-11(2-8-14)9-15-17(24)22-18(25)21-15/h1-9H,10H2,(H,20,23)(H2,21,22,24,25). The fourth-order valence-corrected chi connectivity index (χ4v) is 2.19. The molecule has 2 aromatic rings. The van der Waals surface area contributed by atoms with Gasteiger partial charge in [-0.1, -0.05) is 12.1 Å². The number of rotatable bonds is 5. The molecule has 3 rings (SSSR count). The second kappa shape index (κ2) is 7.47. The zero-order valence-corrected chi connectivity index (χ0v) is 13.4. The molecule has 1 aliphatic rings. The van der Waals surface area contributed by atoms with E-state index in [-0.39, 0.29) is 24.0 Å². The minimum atomic E-state index is -0.562. The minimum absolute atomic E-state index is 0.155. The molecule has 0 radical (unpaired) electrons. The first kappa shape index (κ1) is 17.2. The normalized spacial score (nSPS) is 14.7. The summed E-state index contributed by atoms with van der Waals surface area (Å²) < 4.78 is 18.2. The molecule has 2 aromatic carbocycles. The number of nitrogens with one attached hydrogen (secondary N) is 3. The van der Waals surface area contributed by atoms with Gasteiger partial charge in [0.1, 0.15) is 17.3 Å². The van der Waals surface area contributed by atoms with Crippen LogP contribution in [0.4, 0.5) is 14.9 Å². The number of amides is 4. The third-order valence-corrected chi connectivity index (χ3v) is 3.41. The number of urea groups is 1. The Morgan fingerprint density at radius 1 is 1.04 bits per heavy atom. The number of anilines is 1. The third kappa shape index (κ3) is 4.44. The van der Waals surface area contributed by atoms with E-state index in [0.29, 0.717) is 17.0 Å². The fraction of sp³-hybridized carbons (Fsp3) is 0.0556. The molecule has 1 saturated heterocycles. The van der Waals surface area contributed by atoms with Gasteiger partial charge in [0.2, 0.25) is 0 Å². The van der Waals surface area contributed by atoms with Crippen molar-refractivity contribution in [1.29, 1.82) is 0 Å². The summed E-state index contributed by atoms with van der Waals surface area (Å²) in [6.07, 6.45) is 1.52. The molecule has 0 aromatic heterocycles. The lowest BCUT2D eigenvalue weighted by atomic mass is 10.2. The van der Waals surface area contributed by atoms with Gasteiger partial charge >= 0.3 is 6.03 Å². The smallest absolute Gasteiger partial charge is 0.326 e. The van der Waals surface area contributed by atoms with E-state index in [0.717, 1.165) is 0 Å². The summed E-state index contributed by atoms with van der Waals surface area (Å²) >= 11 is 0. The Hall–Kier alpha value is -3.68. The lowest BCUT2D eigenvalue weighted by molar-refractivity contribution is -0.118. The van der Waals surface area contributed by atoms with E-state index in [9.17, 15) is 18.8 Å². The van der Waals surface area contributed by atoms with Crippen molar-refractivity contribution < 1.29 is 23.5 Å². The number of carbonyl (C=O) groups is 3. The van der Waals surface area contributed by atoms with Crippen LogP contribution in [0.5, 0.6) is 5.75 Å². The average Bonchev–Trinajstić information content (AvgIpc) is 2.93. The molecular formula is C18H14FN3O4. The number of carbonyl (C=O) groups excluding carboxylic acids is 3. The van der Waals surface area contributed by atoms with Gasteiger partial charge in [-0.3, -0.25) is 14.9 Å². The molecule has 0 unspecified atom stereocenters. The van der Waals surface area contributed by atoms with Crippen LogP contribution in [0.25, 0.3) is 6.08 Å². The summed E-state index contributed by atoms with van der Waals surface area (Å²) in [7, 11) is 0. The lowest BCUT2D eigenvalue weighted by Gasteiger charge is -2.08. The van der Waals surface area contributed by atoms with E-state index in [2.05, 4.69) is 16.0 Å². The van der Waals surface area contributed by atoms with Crippen LogP contribution in [0.1, 0.15) is 5.56 Å². The quantitative estimate of drug-likeness (QED) is 0.565. The largest absolute Gasteiger partial charge is 0.484 e. The maximum absolute atomic E-state index is 12.8. The van der Waals surface area contributed by atoms with Crippen LogP contribution >= 0.6 is 0 Å². The molecule has 26 heavy (non-hydrogen) atoms. The first-order valence-electron chi connectivity index (χ1n) is 7.62. The van der Waals surface area contributed by atoms with Crippen molar-refractivity contribution in [2.24, 2.45) is 0 Å². The number of hydrogen-bond acceptors (Lipinski definition) is 4. The summed E-state index contributed by atoms with van der Waals surface area (Å²) in [5, 5.41) is 7.08. The molecule has 132 valence electrons. The SMILES string of the molecule is O=C(COc1ccc(C=C2NC(=O)NC2=O)cc1)Nc1ccc(F)cc1. The number of imide groups is 1. The van der Waals surface area contributed by atoms with Gasteiger partial charge in [0.05, 0.1) is 0 Å². The molecule has 4 amide bonds. The Morgan fingerprint density at radius 2 is 1.73 bits per heavy atom. The van der Waals surface area contributed by atoms with Crippen LogP contribution in [0.2, 0.25) is 0 Å². The molecule has 1 aliphatic heterocycles. The maximum Gasteiger partial charge on any atom is 0.326 e. The van der Waals surface area contributed by atoms with Crippen LogP contribution < -0.4 is 20.7 Å². The number of benzene rings is 2. The highest BCUT2D eigenvalue weighted by Gasteiger charge is 2.22. The molecule has 8 heteroatoms. The van der Waals surface area contributed by atoms with Crippen LogP contribution in [0.3, 0.4) is 0 Å². The highest BCUT2D eigenvalue weighted by molar-refractivity contribution is 6.13. The minimum Gasteiger partial charge on any atom is -0.484 e. The van der Waals surface area contributed by atoms with E-state index in [1.54, 1.807) is 24.3 Å². The summed E-state index contributed by atoms with van der Waals surface area (Å²) in [5.41, 5.74) is 1.31. The molecule has 0 bridgehead atoms. The molecule has 0 spiro atoms. The number of halogens is 1. The molecule has 0 atom stereocenters. The van der Waals surface area contributed by atoms with Crippen molar-refractivity contribution in [1.82, 2.24) is 10.6 Å². The Balaban J connectivity index is 1.53. The molecule has 1 heterocycles. The molecule has 7 nitrogen and oxygen atoms in total. The van der Waals surface area contributed by atoms with Gasteiger partial charge < -0.3 is 15.4 Å². The number of hydrogen-bond donors (Lipinski definition) is 3. The number of ether oxygens (including phenoxy) is 1. The summed E-state index contributed by atoms with van der Waals surface area (Å²) in [4.78, 5) is 34.3. The van der Waals surface area contributed by atoms with Gasteiger partial charge in [0.15, 0.2) is 6.61 Å². The zero-order valence-electron chi connectivity index (χ0n) is 13.4. The Kier molecular flexibility index (Phi) is 4.93. The van der Waals surface area contributed by atoms with E-state index >= 15 is 0 Å². The summed E-state index contributed by atoms with van der Waals surface area (Å²) in [5.74, 6) is -0.800. The highest BCUT2D eigenvalue weighted by atomic mass is 19.1. The monoisotopic (exact) mass is 355 g/mol. The molecular weight excluding hydrogens is 341 g/mol.